The van der Waals surface area contributed by atoms with E-state index in [2.05, 4.69) is 107 Å². The molecule has 5 atom stereocenters. The number of esters is 2. The number of fused-ring (bicyclic) bond motifs is 1. The van der Waals surface area contributed by atoms with Gasteiger partial charge in [-0.1, -0.05) is 125 Å². The molecule has 0 aromatic heterocycles. The van der Waals surface area contributed by atoms with Gasteiger partial charge in [-0.2, -0.15) is 0 Å². The lowest BCUT2D eigenvalue weighted by atomic mass is 9.84. The summed E-state index contributed by atoms with van der Waals surface area (Å²) >= 11 is 0. The monoisotopic (exact) mass is 658 g/mol. The minimum absolute atomic E-state index is 0.0166. The third-order valence-corrected chi connectivity index (χ3v) is 15.1. The van der Waals surface area contributed by atoms with Gasteiger partial charge in [-0.05, 0) is 78.3 Å². The molecular weight excluding hydrogens is 601 g/mol. The maximum atomic E-state index is 12.2. The van der Waals surface area contributed by atoms with Crippen molar-refractivity contribution in [3.63, 3.8) is 0 Å². The summed E-state index contributed by atoms with van der Waals surface area (Å²) in [5.41, 5.74) is 1.49. The molecule has 1 fully saturated rings. The Morgan fingerprint density at radius 3 is 2.13 bits per heavy atom. The van der Waals surface area contributed by atoms with E-state index in [4.69, 9.17) is 13.9 Å². The molecule has 2 aliphatic rings. The minimum Gasteiger partial charge on any atom is -0.462 e. The first-order valence-electron chi connectivity index (χ1n) is 18.0. The second kappa shape index (κ2) is 17.4. The van der Waals surface area contributed by atoms with E-state index in [0.717, 1.165) is 58.0 Å². The van der Waals surface area contributed by atoms with Gasteiger partial charge in [0.1, 0.15) is 12.2 Å². The van der Waals surface area contributed by atoms with E-state index < -0.39 is 8.32 Å². The Labute approximate surface area is 285 Å². The van der Waals surface area contributed by atoms with Crippen LogP contribution in [0.4, 0.5) is 0 Å². The van der Waals surface area contributed by atoms with Gasteiger partial charge in [0.2, 0.25) is 0 Å². The fourth-order valence-electron chi connectivity index (χ4n) is 8.09. The van der Waals surface area contributed by atoms with Crippen molar-refractivity contribution in [2.45, 2.75) is 123 Å². The summed E-state index contributed by atoms with van der Waals surface area (Å²) < 4.78 is 18.8. The first-order valence-corrected chi connectivity index (χ1v) is 19.9. The van der Waals surface area contributed by atoms with E-state index in [-0.39, 0.29) is 35.1 Å². The van der Waals surface area contributed by atoms with Gasteiger partial charge in [-0.25, -0.2) is 0 Å². The lowest BCUT2D eigenvalue weighted by Crippen LogP contribution is -2.66. The zero-order chi connectivity index (χ0) is 33.9. The normalized spacial score (nSPS) is 21.8. The highest BCUT2D eigenvalue weighted by Gasteiger charge is 2.51. The van der Waals surface area contributed by atoms with Crippen LogP contribution in [0.2, 0.25) is 5.04 Å². The quantitative estimate of drug-likeness (QED) is 0.0737. The average Bonchev–Trinajstić information content (AvgIpc) is 3.56. The van der Waals surface area contributed by atoms with Gasteiger partial charge >= 0.3 is 11.9 Å². The molecule has 0 spiro atoms. The van der Waals surface area contributed by atoms with Crippen LogP contribution >= 0.6 is 0 Å². The number of carbonyl (C=O) groups excluding carboxylic acids is 2. The number of ether oxygens (including phenoxy) is 2. The van der Waals surface area contributed by atoms with Gasteiger partial charge in [0.25, 0.3) is 8.32 Å². The molecule has 0 amide bonds. The van der Waals surface area contributed by atoms with E-state index >= 15 is 0 Å². The molecule has 0 N–H and O–H groups in total. The van der Waals surface area contributed by atoms with Crippen LogP contribution in [0, 0.1) is 17.8 Å². The highest BCUT2D eigenvalue weighted by atomic mass is 28.4. The zero-order valence-corrected chi connectivity index (χ0v) is 30.7. The van der Waals surface area contributed by atoms with Crippen molar-refractivity contribution in [3.05, 3.63) is 84.5 Å². The predicted octanol–water partition coefficient (Wildman–Crippen LogP) is 8.71. The predicted molar refractivity (Wildman–Crippen MR) is 194 cm³/mol. The molecule has 2 aliphatic carbocycles. The SMILES string of the molecule is CCCCC/C=C/[C@@H](OC(C)=O)[C@@H]1[C@H]2CC(CCCCCO[Si](c3ccccc3)(c3ccccc3)C(C)(C)C)=C[C@H]2C[C@H]1OC(C)=O. The molecule has 0 radical (unpaired) electrons. The highest BCUT2D eigenvalue weighted by molar-refractivity contribution is 6.99. The van der Waals surface area contributed by atoms with Gasteiger partial charge < -0.3 is 13.9 Å². The van der Waals surface area contributed by atoms with Crippen molar-refractivity contribution in [2.24, 2.45) is 17.8 Å². The largest absolute Gasteiger partial charge is 0.462 e. The molecule has 5 nitrogen and oxygen atoms in total. The summed E-state index contributed by atoms with van der Waals surface area (Å²) in [6.07, 6.45) is 16.6. The van der Waals surface area contributed by atoms with Crippen LogP contribution < -0.4 is 10.4 Å². The van der Waals surface area contributed by atoms with Crippen molar-refractivity contribution in [1.29, 1.82) is 0 Å². The first kappa shape index (κ1) is 36.9. The lowest BCUT2D eigenvalue weighted by Gasteiger charge is -2.43. The number of benzene rings is 2. The highest BCUT2D eigenvalue weighted by Crippen LogP contribution is 2.50. The molecule has 1 saturated carbocycles. The topological polar surface area (TPSA) is 61.8 Å². The molecule has 0 heterocycles. The van der Waals surface area contributed by atoms with Crippen LogP contribution in [0.5, 0.6) is 0 Å². The van der Waals surface area contributed by atoms with Crippen molar-refractivity contribution in [2.75, 3.05) is 6.61 Å². The molecule has 0 aliphatic heterocycles. The second-order valence-electron chi connectivity index (χ2n) is 14.6. The Balaban J connectivity index is 1.37. The van der Waals surface area contributed by atoms with Gasteiger partial charge in [0, 0.05) is 26.4 Å². The molecule has 0 saturated heterocycles. The Hall–Kier alpha value is -2.96. The van der Waals surface area contributed by atoms with E-state index in [1.54, 1.807) is 0 Å². The fourth-order valence-corrected chi connectivity index (χ4v) is 12.7. The summed E-state index contributed by atoms with van der Waals surface area (Å²) in [4.78, 5) is 24.2. The molecular formula is C41H58O5Si. The van der Waals surface area contributed by atoms with Gasteiger partial charge in [-0.3, -0.25) is 9.59 Å². The van der Waals surface area contributed by atoms with Crippen LogP contribution in [0.15, 0.2) is 84.5 Å². The Kier molecular flexibility index (Phi) is 13.7. The van der Waals surface area contributed by atoms with E-state index in [1.807, 2.05) is 0 Å². The van der Waals surface area contributed by atoms with Crippen LogP contribution in [0.1, 0.15) is 106 Å². The number of unbranched alkanes of at least 4 members (excludes halogenated alkanes) is 5. The number of hydrogen-bond acceptors (Lipinski definition) is 5. The summed E-state index contributed by atoms with van der Waals surface area (Å²) in [6, 6.07) is 21.7. The third kappa shape index (κ3) is 9.57. The molecule has 2 aromatic carbocycles. The smallest absolute Gasteiger partial charge is 0.303 e. The number of rotatable bonds is 17. The van der Waals surface area contributed by atoms with Crippen LogP contribution in [0.25, 0.3) is 0 Å². The molecule has 6 heteroatoms. The molecule has 47 heavy (non-hydrogen) atoms. The summed E-state index contributed by atoms with van der Waals surface area (Å²) in [5.74, 6) is 0.0911. The number of carbonyl (C=O) groups is 2. The van der Waals surface area contributed by atoms with Crippen molar-refractivity contribution in [1.82, 2.24) is 0 Å². The molecule has 0 bridgehead atoms. The minimum atomic E-state index is -2.50. The zero-order valence-electron chi connectivity index (χ0n) is 29.7. The fraction of sp³-hybridized carbons (Fsp3) is 0.561. The van der Waals surface area contributed by atoms with E-state index in [1.165, 1.54) is 42.6 Å². The first-order chi connectivity index (χ1) is 22.6. The summed E-state index contributed by atoms with van der Waals surface area (Å²) in [6.45, 7) is 12.9. The summed E-state index contributed by atoms with van der Waals surface area (Å²) in [5, 5.41) is 2.63. The Morgan fingerprint density at radius 2 is 1.55 bits per heavy atom. The van der Waals surface area contributed by atoms with Crippen LogP contribution in [-0.2, 0) is 23.5 Å². The number of allylic oxidation sites excluding steroid dienone is 3. The van der Waals surface area contributed by atoms with Crippen molar-refractivity contribution >= 4 is 30.6 Å². The molecule has 2 aromatic rings. The molecule has 256 valence electrons. The van der Waals surface area contributed by atoms with E-state index in [0.29, 0.717) is 11.8 Å². The van der Waals surface area contributed by atoms with E-state index in [9.17, 15) is 9.59 Å². The molecule has 4 rings (SSSR count). The van der Waals surface area contributed by atoms with Crippen LogP contribution in [-0.4, -0.2) is 39.1 Å². The van der Waals surface area contributed by atoms with Gasteiger partial charge in [0.15, 0.2) is 0 Å². The van der Waals surface area contributed by atoms with Crippen LogP contribution in [0.3, 0.4) is 0 Å². The van der Waals surface area contributed by atoms with Gasteiger partial charge in [0.05, 0.1) is 0 Å². The maximum absolute atomic E-state index is 12.2. The van der Waals surface area contributed by atoms with Crippen molar-refractivity contribution in [3.8, 4) is 0 Å². The maximum Gasteiger partial charge on any atom is 0.303 e. The lowest BCUT2D eigenvalue weighted by molar-refractivity contribution is -0.155. The third-order valence-electron chi connectivity index (χ3n) is 10.1. The Morgan fingerprint density at radius 1 is 0.894 bits per heavy atom. The molecule has 0 unspecified atom stereocenters. The summed E-state index contributed by atoms with van der Waals surface area (Å²) in [7, 11) is -2.50. The number of hydrogen-bond donors (Lipinski definition) is 0. The second-order valence-corrected chi connectivity index (χ2v) is 18.9. The van der Waals surface area contributed by atoms with Gasteiger partial charge in [-0.15, -0.1) is 0 Å². The average molecular weight is 659 g/mol. The standard InChI is InChI=1S/C41H58O5Si/c1-7-8-9-10-19-26-38(45-31(2)42)40-37-29-33(28-34(37)30-39(40)46-32(3)43)21-14-13-20-27-44-47(41(4,5)6,35-22-15-11-16-23-35)36-24-17-12-18-25-36/h11-12,15-19,22-26,28,34,37-40H,7-10,13-14,20-21,27,29-30H2,1-6H3/b26-19+/t34-,37-,38+,39+,40-/m0/s1. The Bertz CT molecular complexity index is 1290. The van der Waals surface area contributed by atoms with Crippen molar-refractivity contribution < 1.29 is 23.5 Å².